The zero-order valence-corrected chi connectivity index (χ0v) is 13.6. The number of methoxy groups -OCH3 is 1. The number of ether oxygens (including phenoxy) is 1. The fourth-order valence-corrected chi connectivity index (χ4v) is 2.17. The summed E-state index contributed by atoms with van der Waals surface area (Å²) in [7, 11) is 1.62. The van der Waals surface area contributed by atoms with Crippen LogP contribution >= 0.6 is 0 Å². The van der Waals surface area contributed by atoms with E-state index >= 15 is 0 Å². The Morgan fingerprint density at radius 1 is 1.21 bits per heavy atom. The highest BCUT2D eigenvalue weighted by molar-refractivity contribution is 5.89. The largest absolute Gasteiger partial charge is 0.387 e. The minimum Gasteiger partial charge on any atom is -0.387 e. The Bertz CT molecular complexity index is 676. The summed E-state index contributed by atoms with van der Waals surface area (Å²) in [6, 6.07) is 12.4. The maximum absolute atomic E-state index is 12.9. The number of hydrogen-bond acceptors (Lipinski definition) is 3. The molecule has 0 aliphatic rings. The number of halogens is 1. The van der Waals surface area contributed by atoms with E-state index in [0.29, 0.717) is 11.3 Å². The lowest BCUT2D eigenvalue weighted by atomic mass is 10.1. The molecule has 0 radical (unpaired) electrons. The number of nitrogens with one attached hydrogen (secondary N) is 2. The SMILES string of the molecule is COC(C)c1cccc(NC(=O)NCC(O)c2ccc(F)cc2)c1. The summed E-state index contributed by atoms with van der Waals surface area (Å²) in [4.78, 5) is 11.9. The zero-order chi connectivity index (χ0) is 17.5. The number of rotatable bonds is 6. The first-order valence-corrected chi connectivity index (χ1v) is 7.60. The van der Waals surface area contributed by atoms with Crippen LogP contribution in [0, 0.1) is 5.82 Å². The first kappa shape index (κ1) is 17.9. The summed E-state index contributed by atoms with van der Waals surface area (Å²) >= 11 is 0. The molecule has 128 valence electrons. The van der Waals surface area contributed by atoms with Crippen molar-refractivity contribution >= 4 is 11.7 Å². The maximum Gasteiger partial charge on any atom is 0.319 e. The number of aliphatic hydroxyl groups excluding tert-OH is 1. The Balaban J connectivity index is 1.88. The molecule has 0 saturated carbocycles. The van der Waals surface area contributed by atoms with Crippen molar-refractivity contribution in [2.45, 2.75) is 19.1 Å². The summed E-state index contributed by atoms with van der Waals surface area (Å²) in [6.45, 7) is 1.93. The van der Waals surface area contributed by atoms with Gasteiger partial charge in [0, 0.05) is 19.3 Å². The average molecular weight is 332 g/mol. The van der Waals surface area contributed by atoms with Crippen LogP contribution in [-0.2, 0) is 4.74 Å². The van der Waals surface area contributed by atoms with E-state index < -0.39 is 12.1 Å². The number of aliphatic hydroxyl groups is 1. The smallest absolute Gasteiger partial charge is 0.319 e. The van der Waals surface area contributed by atoms with Crippen molar-refractivity contribution in [1.82, 2.24) is 5.32 Å². The highest BCUT2D eigenvalue weighted by Crippen LogP contribution is 2.19. The van der Waals surface area contributed by atoms with Gasteiger partial charge in [-0.05, 0) is 42.3 Å². The standard InChI is InChI=1S/C18H21FN2O3/c1-12(24-2)14-4-3-5-16(10-14)21-18(23)20-11-17(22)13-6-8-15(19)9-7-13/h3-10,12,17,22H,11H2,1-2H3,(H2,20,21,23). The minimum absolute atomic E-state index is 0.0195. The number of hydrogen-bond donors (Lipinski definition) is 3. The van der Waals surface area contributed by atoms with Gasteiger partial charge in [-0.3, -0.25) is 0 Å². The highest BCUT2D eigenvalue weighted by atomic mass is 19.1. The fraction of sp³-hybridized carbons (Fsp3) is 0.278. The third kappa shape index (κ3) is 5.04. The van der Waals surface area contributed by atoms with E-state index in [2.05, 4.69) is 10.6 Å². The Kier molecular flexibility index (Phi) is 6.28. The van der Waals surface area contributed by atoms with Gasteiger partial charge >= 0.3 is 6.03 Å². The second-order valence-corrected chi connectivity index (χ2v) is 5.41. The normalized spacial score (nSPS) is 13.2. The van der Waals surface area contributed by atoms with Crippen LogP contribution < -0.4 is 10.6 Å². The summed E-state index contributed by atoms with van der Waals surface area (Å²) in [5.74, 6) is -0.373. The van der Waals surface area contributed by atoms with Crippen LogP contribution in [0.15, 0.2) is 48.5 Å². The molecule has 0 fully saturated rings. The highest BCUT2D eigenvalue weighted by Gasteiger charge is 2.10. The van der Waals surface area contributed by atoms with Crippen LogP contribution in [0.25, 0.3) is 0 Å². The molecule has 5 nitrogen and oxygen atoms in total. The molecule has 6 heteroatoms. The lowest BCUT2D eigenvalue weighted by molar-refractivity contribution is 0.119. The van der Waals surface area contributed by atoms with Crippen molar-refractivity contribution in [1.29, 1.82) is 0 Å². The lowest BCUT2D eigenvalue weighted by Gasteiger charge is -2.14. The molecule has 24 heavy (non-hydrogen) atoms. The van der Waals surface area contributed by atoms with Gasteiger partial charge in [0.1, 0.15) is 5.82 Å². The van der Waals surface area contributed by atoms with Gasteiger partial charge in [-0.25, -0.2) is 9.18 Å². The molecule has 2 aromatic carbocycles. The monoisotopic (exact) mass is 332 g/mol. The molecule has 0 spiro atoms. The fourth-order valence-electron chi connectivity index (χ4n) is 2.17. The zero-order valence-electron chi connectivity index (χ0n) is 13.6. The molecule has 0 aliphatic heterocycles. The van der Waals surface area contributed by atoms with Gasteiger partial charge in [0.15, 0.2) is 0 Å². The van der Waals surface area contributed by atoms with E-state index in [1.807, 2.05) is 25.1 Å². The molecule has 0 aliphatic carbocycles. The Morgan fingerprint density at radius 2 is 1.92 bits per heavy atom. The van der Waals surface area contributed by atoms with Crippen molar-refractivity contribution in [2.24, 2.45) is 0 Å². The van der Waals surface area contributed by atoms with Crippen LogP contribution in [0.2, 0.25) is 0 Å². The van der Waals surface area contributed by atoms with E-state index in [9.17, 15) is 14.3 Å². The van der Waals surface area contributed by atoms with Crippen molar-refractivity contribution in [3.8, 4) is 0 Å². The maximum atomic E-state index is 12.9. The van der Waals surface area contributed by atoms with Gasteiger partial charge in [0.05, 0.1) is 12.2 Å². The van der Waals surface area contributed by atoms with E-state index in [0.717, 1.165) is 5.56 Å². The topological polar surface area (TPSA) is 70.6 Å². The van der Waals surface area contributed by atoms with Crippen LogP contribution in [-0.4, -0.2) is 24.8 Å². The third-order valence-electron chi connectivity index (χ3n) is 3.68. The van der Waals surface area contributed by atoms with Crippen LogP contribution in [0.4, 0.5) is 14.9 Å². The molecule has 2 amide bonds. The summed E-state index contributed by atoms with van der Waals surface area (Å²) in [6.07, 6.45) is -0.980. The molecule has 0 bridgehead atoms. The van der Waals surface area contributed by atoms with Gasteiger partial charge in [-0.1, -0.05) is 24.3 Å². The predicted molar refractivity (Wildman–Crippen MR) is 90.2 cm³/mol. The molecule has 0 saturated heterocycles. The van der Waals surface area contributed by atoms with Crippen molar-refractivity contribution in [3.63, 3.8) is 0 Å². The molecular weight excluding hydrogens is 311 g/mol. The van der Waals surface area contributed by atoms with Crippen LogP contribution in [0.1, 0.15) is 30.3 Å². The van der Waals surface area contributed by atoms with E-state index in [4.69, 9.17) is 4.74 Å². The summed E-state index contributed by atoms with van der Waals surface area (Å²) < 4.78 is 18.1. The minimum atomic E-state index is -0.906. The first-order chi connectivity index (χ1) is 11.5. The molecule has 2 aromatic rings. The average Bonchev–Trinajstić information content (AvgIpc) is 2.59. The first-order valence-electron chi connectivity index (χ1n) is 7.60. The van der Waals surface area contributed by atoms with Crippen molar-refractivity contribution in [2.75, 3.05) is 19.0 Å². The Hall–Kier alpha value is -2.44. The Morgan fingerprint density at radius 3 is 2.58 bits per heavy atom. The van der Waals surface area contributed by atoms with Gasteiger partial charge < -0.3 is 20.5 Å². The second kappa shape index (κ2) is 8.42. The van der Waals surface area contributed by atoms with E-state index in [-0.39, 0.29) is 18.5 Å². The molecular formula is C18H21FN2O3. The molecule has 2 atom stereocenters. The van der Waals surface area contributed by atoms with Gasteiger partial charge in [0.25, 0.3) is 0 Å². The second-order valence-electron chi connectivity index (χ2n) is 5.41. The van der Waals surface area contributed by atoms with Gasteiger partial charge in [-0.2, -0.15) is 0 Å². The van der Waals surface area contributed by atoms with Gasteiger partial charge in [-0.15, -0.1) is 0 Å². The Labute approximate surface area is 140 Å². The van der Waals surface area contributed by atoms with Crippen molar-refractivity contribution < 1.29 is 19.0 Å². The van der Waals surface area contributed by atoms with Crippen LogP contribution in [0.3, 0.4) is 0 Å². The lowest BCUT2D eigenvalue weighted by Crippen LogP contribution is -2.32. The van der Waals surface area contributed by atoms with Crippen LogP contribution in [0.5, 0.6) is 0 Å². The predicted octanol–water partition coefficient (Wildman–Crippen LogP) is 3.39. The number of amides is 2. The van der Waals surface area contributed by atoms with Crippen molar-refractivity contribution in [3.05, 3.63) is 65.5 Å². The summed E-state index contributed by atoms with van der Waals surface area (Å²) in [5.41, 5.74) is 2.11. The quantitative estimate of drug-likeness (QED) is 0.759. The number of anilines is 1. The number of urea groups is 1. The molecule has 2 rings (SSSR count). The summed E-state index contributed by atoms with van der Waals surface area (Å²) in [5, 5.41) is 15.3. The number of carbonyl (C=O) groups is 1. The molecule has 2 unspecified atom stereocenters. The number of carbonyl (C=O) groups excluding carboxylic acids is 1. The molecule has 0 heterocycles. The van der Waals surface area contributed by atoms with E-state index in [1.54, 1.807) is 13.2 Å². The number of benzene rings is 2. The third-order valence-corrected chi connectivity index (χ3v) is 3.68. The molecule has 3 N–H and O–H groups in total. The van der Waals surface area contributed by atoms with E-state index in [1.165, 1.54) is 24.3 Å². The molecule has 0 aromatic heterocycles. The van der Waals surface area contributed by atoms with Gasteiger partial charge in [0.2, 0.25) is 0 Å².